The minimum atomic E-state index is -0.604. The first-order valence-electron chi connectivity index (χ1n) is 13.9. The lowest BCUT2D eigenvalue weighted by molar-refractivity contribution is -0.139. The van der Waals surface area contributed by atoms with Gasteiger partial charge in [0, 0.05) is 24.8 Å². The Hall–Kier alpha value is -3.25. The van der Waals surface area contributed by atoms with Crippen LogP contribution in [-0.2, 0) is 28.3 Å². The molecule has 1 fully saturated rings. The second kappa shape index (κ2) is 14.8. The number of rotatable bonds is 12. The van der Waals surface area contributed by atoms with E-state index in [9.17, 15) is 9.59 Å². The molecule has 1 saturated carbocycles. The molecule has 1 aliphatic rings. The fourth-order valence-electron chi connectivity index (χ4n) is 5.21. The molecule has 0 aromatic heterocycles. The molecule has 1 unspecified atom stereocenters. The third-order valence-corrected chi connectivity index (χ3v) is 8.27. The van der Waals surface area contributed by atoms with Crippen molar-refractivity contribution in [3.63, 3.8) is 0 Å². The second-order valence-corrected chi connectivity index (χ2v) is 11.4. The molecule has 3 aromatic carbocycles. The molecule has 1 atom stereocenters. The number of hydrogen-bond acceptors (Lipinski definition) is 4. The van der Waals surface area contributed by atoms with Crippen molar-refractivity contribution in [1.82, 2.24) is 10.2 Å². The van der Waals surface area contributed by atoms with Crippen LogP contribution in [0.4, 0.5) is 0 Å². The number of methoxy groups -OCH3 is 1. The molecule has 0 radical (unpaired) electrons. The molecule has 6 heteroatoms. The quantitative estimate of drug-likeness (QED) is 0.290. The molecule has 0 saturated heterocycles. The van der Waals surface area contributed by atoms with Crippen molar-refractivity contribution in [2.24, 2.45) is 0 Å². The normalized spacial score (nSPS) is 14.4. The number of carbonyl (C=O) groups excluding carboxylic acids is 2. The summed E-state index contributed by atoms with van der Waals surface area (Å²) in [5, 5.41) is 3.31. The third-order valence-electron chi connectivity index (χ3n) is 7.29. The van der Waals surface area contributed by atoms with Gasteiger partial charge in [-0.05, 0) is 48.6 Å². The Morgan fingerprint density at radius 2 is 1.64 bits per heavy atom. The van der Waals surface area contributed by atoms with Crippen molar-refractivity contribution in [3.8, 4) is 5.75 Å². The van der Waals surface area contributed by atoms with Crippen molar-refractivity contribution in [2.45, 2.75) is 69.8 Å². The number of hydrogen-bond donors (Lipinski definition) is 1. The number of nitrogens with zero attached hydrogens (tertiary/aromatic N) is 1. The van der Waals surface area contributed by atoms with Gasteiger partial charge in [-0.25, -0.2) is 0 Å². The van der Waals surface area contributed by atoms with E-state index in [0.29, 0.717) is 18.7 Å². The molecule has 206 valence electrons. The maximum absolute atomic E-state index is 13.9. The Bertz CT molecular complexity index is 1210. The van der Waals surface area contributed by atoms with Crippen LogP contribution in [0.2, 0.25) is 0 Å². The van der Waals surface area contributed by atoms with Gasteiger partial charge < -0.3 is 15.0 Å². The summed E-state index contributed by atoms with van der Waals surface area (Å²) in [6.45, 7) is 2.42. The van der Waals surface area contributed by atoms with Crippen LogP contribution in [0.1, 0.15) is 54.4 Å². The maximum atomic E-state index is 13.9. The molecule has 4 rings (SSSR count). The Kier molecular flexibility index (Phi) is 10.9. The molecule has 1 N–H and O–H groups in total. The van der Waals surface area contributed by atoms with Crippen LogP contribution in [-0.4, -0.2) is 41.7 Å². The maximum Gasteiger partial charge on any atom is 0.243 e. The predicted octanol–water partition coefficient (Wildman–Crippen LogP) is 6.33. The van der Waals surface area contributed by atoms with Crippen LogP contribution in [0.3, 0.4) is 0 Å². The largest absolute Gasteiger partial charge is 0.497 e. The topological polar surface area (TPSA) is 58.6 Å². The van der Waals surface area contributed by atoms with Crippen molar-refractivity contribution in [1.29, 1.82) is 0 Å². The van der Waals surface area contributed by atoms with Crippen molar-refractivity contribution in [2.75, 3.05) is 12.9 Å². The van der Waals surface area contributed by atoms with E-state index in [1.54, 1.807) is 23.8 Å². The highest BCUT2D eigenvalue weighted by Crippen LogP contribution is 2.22. The summed E-state index contributed by atoms with van der Waals surface area (Å²) in [6, 6.07) is 25.7. The molecule has 39 heavy (non-hydrogen) atoms. The molecule has 1 aliphatic carbocycles. The van der Waals surface area contributed by atoms with Crippen LogP contribution in [0.15, 0.2) is 78.9 Å². The van der Waals surface area contributed by atoms with E-state index < -0.39 is 6.04 Å². The molecular weight excluding hydrogens is 504 g/mol. The SMILES string of the molecule is COc1cccc(CN(C(=O)CSCc2cccc(C)c2)C(Cc2ccccc2)C(=O)NC2CCCCC2)c1. The molecule has 0 heterocycles. The summed E-state index contributed by atoms with van der Waals surface area (Å²) in [7, 11) is 1.64. The van der Waals surface area contributed by atoms with Crippen LogP contribution in [0.5, 0.6) is 5.75 Å². The molecule has 0 spiro atoms. The van der Waals surface area contributed by atoms with Gasteiger partial charge in [-0.1, -0.05) is 91.6 Å². The highest BCUT2D eigenvalue weighted by atomic mass is 32.2. The van der Waals surface area contributed by atoms with E-state index in [4.69, 9.17) is 4.74 Å². The zero-order valence-electron chi connectivity index (χ0n) is 23.1. The van der Waals surface area contributed by atoms with Gasteiger partial charge >= 0.3 is 0 Å². The second-order valence-electron chi connectivity index (χ2n) is 10.4. The van der Waals surface area contributed by atoms with Crippen LogP contribution in [0, 0.1) is 6.92 Å². The van der Waals surface area contributed by atoms with E-state index in [2.05, 4.69) is 30.4 Å². The number of benzene rings is 3. The first-order valence-corrected chi connectivity index (χ1v) is 15.1. The zero-order chi connectivity index (χ0) is 27.5. The van der Waals surface area contributed by atoms with Gasteiger partial charge in [-0.3, -0.25) is 9.59 Å². The van der Waals surface area contributed by atoms with E-state index in [-0.39, 0.29) is 17.9 Å². The summed E-state index contributed by atoms with van der Waals surface area (Å²) < 4.78 is 5.44. The minimum Gasteiger partial charge on any atom is -0.497 e. The third kappa shape index (κ3) is 8.89. The Balaban J connectivity index is 1.58. The van der Waals surface area contributed by atoms with Gasteiger partial charge in [0.1, 0.15) is 11.8 Å². The predicted molar refractivity (Wildman–Crippen MR) is 160 cm³/mol. The summed E-state index contributed by atoms with van der Waals surface area (Å²) in [5.41, 5.74) is 4.39. The minimum absolute atomic E-state index is 0.0322. The molecular formula is C33H40N2O3S. The van der Waals surface area contributed by atoms with Crippen LogP contribution >= 0.6 is 11.8 Å². The van der Waals surface area contributed by atoms with Gasteiger partial charge in [0.25, 0.3) is 0 Å². The van der Waals surface area contributed by atoms with E-state index >= 15 is 0 Å². The van der Waals surface area contributed by atoms with Gasteiger partial charge in [-0.2, -0.15) is 0 Å². The highest BCUT2D eigenvalue weighted by Gasteiger charge is 2.32. The monoisotopic (exact) mass is 544 g/mol. The van der Waals surface area contributed by atoms with Gasteiger partial charge in [-0.15, -0.1) is 11.8 Å². The lowest BCUT2D eigenvalue weighted by Gasteiger charge is -2.33. The lowest BCUT2D eigenvalue weighted by Crippen LogP contribution is -2.53. The molecule has 0 aliphatic heterocycles. The number of aryl methyl sites for hydroxylation is 1. The lowest BCUT2D eigenvalue weighted by atomic mass is 9.94. The average molecular weight is 545 g/mol. The smallest absolute Gasteiger partial charge is 0.243 e. The Morgan fingerprint density at radius 1 is 0.923 bits per heavy atom. The fourth-order valence-corrected chi connectivity index (χ4v) is 6.06. The van der Waals surface area contributed by atoms with Gasteiger partial charge in [0.15, 0.2) is 0 Å². The van der Waals surface area contributed by atoms with Crippen molar-refractivity contribution in [3.05, 3.63) is 101 Å². The van der Waals surface area contributed by atoms with Crippen molar-refractivity contribution >= 4 is 23.6 Å². The van der Waals surface area contributed by atoms with E-state index in [1.165, 1.54) is 17.5 Å². The van der Waals surface area contributed by atoms with E-state index in [1.807, 2.05) is 60.7 Å². The van der Waals surface area contributed by atoms with Crippen molar-refractivity contribution < 1.29 is 14.3 Å². The number of amides is 2. The van der Waals surface area contributed by atoms with Crippen LogP contribution < -0.4 is 10.1 Å². The highest BCUT2D eigenvalue weighted by molar-refractivity contribution is 7.99. The first-order chi connectivity index (χ1) is 19.0. The van der Waals surface area contributed by atoms with Crippen LogP contribution in [0.25, 0.3) is 0 Å². The van der Waals surface area contributed by atoms with Gasteiger partial charge in [0.2, 0.25) is 11.8 Å². The molecule has 5 nitrogen and oxygen atoms in total. The summed E-state index contributed by atoms with van der Waals surface area (Å²) in [5.74, 6) is 1.69. The molecule has 2 amide bonds. The zero-order valence-corrected chi connectivity index (χ0v) is 23.9. The number of nitrogens with one attached hydrogen (secondary N) is 1. The van der Waals surface area contributed by atoms with E-state index in [0.717, 1.165) is 48.3 Å². The number of thioether (sulfide) groups is 1. The molecule has 3 aromatic rings. The first kappa shape index (κ1) is 28.8. The average Bonchev–Trinajstić information content (AvgIpc) is 2.96. The number of carbonyl (C=O) groups is 2. The number of ether oxygens (including phenoxy) is 1. The standard InChI is InChI=1S/C33H40N2O3S/c1-25-11-9-15-28(19-25)23-39-24-32(36)35(22-27-14-10-18-30(20-27)38-2)31(21-26-12-5-3-6-13-26)33(37)34-29-16-7-4-8-17-29/h3,5-6,9-15,18-20,29,31H,4,7-8,16-17,21-24H2,1-2H3,(H,34,37). The molecule has 0 bridgehead atoms. The summed E-state index contributed by atoms with van der Waals surface area (Å²) >= 11 is 1.59. The summed E-state index contributed by atoms with van der Waals surface area (Å²) in [6.07, 6.45) is 5.96. The summed E-state index contributed by atoms with van der Waals surface area (Å²) in [4.78, 5) is 29.5. The Morgan fingerprint density at radius 3 is 2.38 bits per heavy atom. The fraction of sp³-hybridized carbons (Fsp3) is 0.394. The van der Waals surface area contributed by atoms with Gasteiger partial charge in [0.05, 0.1) is 12.9 Å². The Labute approximate surface area is 237 Å².